The van der Waals surface area contributed by atoms with Gasteiger partial charge >= 0.3 is 0 Å². The van der Waals surface area contributed by atoms with Crippen LogP contribution in [-0.2, 0) is 16.6 Å². The minimum atomic E-state index is -3.83. The van der Waals surface area contributed by atoms with Gasteiger partial charge in [0, 0.05) is 16.0 Å². The first-order chi connectivity index (χ1) is 9.79. The van der Waals surface area contributed by atoms with Gasteiger partial charge in [-0.25, -0.2) is 13.1 Å². The zero-order chi connectivity index (χ0) is 15.6. The monoisotopic (exact) mass is 408 g/mol. The fraction of sp³-hybridized carbons (Fsp3) is 0.0769. The maximum atomic E-state index is 12.3. The van der Waals surface area contributed by atoms with E-state index >= 15 is 0 Å². The van der Waals surface area contributed by atoms with Crippen LogP contribution in [0.5, 0.6) is 0 Å². The fourth-order valence-corrected chi connectivity index (χ4v) is 4.21. The van der Waals surface area contributed by atoms with Crippen LogP contribution in [0, 0.1) is 0 Å². The van der Waals surface area contributed by atoms with E-state index in [0.29, 0.717) is 0 Å². The van der Waals surface area contributed by atoms with Crippen molar-refractivity contribution in [1.82, 2.24) is 4.72 Å². The summed E-state index contributed by atoms with van der Waals surface area (Å²) in [5.74, 6) is 0. The van der Waals surface area contributed by atoms with Crippen LogP contribution in [0.4, 0.5) is 5.69 Å². The average Bonchev–Trinajstić information content (AvgIpc) is 2.35. The van der Waals surface area contributed by atoms with E-state index in [1.54, 1.807) is 6.07 Å². The third kappa shape index (κ3) is 4.11. The lowest BCUT2D eigenvalue weighted by Crippen LogP contribution is -2.24. The van der Waals surface area contributed by atoms with Gasteiger partial charge in [-0.05, 0) is 29.8 Å². The van der Waals surface area contributed by atoms with Gasteiger partial charge in [0.25, 0.3) is 0 Å². The SMILES string of the molecule is Nc1cc(Cl)cc(Cl)c1S(=O)(=O)NCc1cccc(Br)c1. The van der Waals surface area contributed by atoms with Crippen LogP contribution in [0.1, 0.15) is 5.56 Å². The van der Waals surface area contributed by atoms with Gasteiger partial charge in [0.1, 0.15) is 4.90 Å². The molecule has 112 valence electrons. The second kappa shape index (κ2) is 6.54. The predicted molar refractivity (Wildman–Crippen MR) is 89.0 cm³/mol. The highest BCUT2D eigenvalue weighted by Crippen LogP contribution is 2.31. The smallest absolute Gasteiger partial charge is 0.244 e. The molecule has 0 spiro atoms. The van der Waals surface area contributed by atoms with Crippen molar-refractivity contribution in [1.29, 1.82) is 0 Å². The molecule has 0 saturated heterocycles. The van der Waals surface area contributed by atoms with Crippen molar-refractivity contribution in [3.05, 3.63) is 56.5 Å². The van der Waals surface area contributed by atoms with Gasteiger partial charge in [0.15, 0.2) is 0 Å². The molecular weight excluding hydrogens is 399 g/mol. The van der Waals surface area contributed by atoms with E-state index in [-0.39, 0.29) is 27.2 Å². The highest BCUT2D eigenvalue weighted by molar-refractivity contribution is 9.10. The van der Waals surface area contributed by atoms with Gasteiger partial charge in [-0.1, -0.05) is 51.3 Å². The second-order valence-corrected chi connectivity index (χ2v) is 7.72. The Hall–Kier alpha value is -0.790. The van der Waals surface area contributed by atoms with Crippen LogP contribution in [-0.4, -0.2) is 8.42 Å². The Balaban J connectivity index is 2.27. The lowest BCUT2D eigenvalue weighted by atomic mass is 10.2. The van der Waals surface area contributed by atoms with Crippen molar-refractivity contribution in [3.8, 4) is 0 Å². The van der Waals surface area contributed by atoms with E-state index in [4.69, 9.17) is 28.9 Å². The first-order valence-corrected chi connectivity index (χ1v) is 8.81. The summed E-state index contributed by atoms with van der Waals surface area (Å²) in [5.41, 5.74) is 6.52. The van der Waals surface area contributed by atoms with E-state index in [1.807, 2.05) is 18.2 Å². The Labute approximate surface area is 141 Å². The maximum absolute atomic E-state index is 12.3. The molecule has 2 rings (SSSR count). The molecule has 0 bridgehead atoms. The molecule has 2 aromatic rings. The summed E-state index contributed by atoms with van der Waals surface area (Å²) in [5, 5.41) is 0.269. The first-order valence-electron chi connectivity index (χ1n) is 5.78. The quantitative estimate of drug-likeness (QED) is 0.754. The molecule has 21 heavy (non-hydrogen) atoms. The molecule has 0 heterocycles. The summed E-state index contributed by atoms with van der Waals surface area (Å²) in [6.45, 7) is 0.125. The molecule has 0 aliphatic heterocycles. The largest absolute Gasteiger partial charge is 0.398 e. The lowest BCUT2D eigenvalue weighted by Gasteiger charge is -2.11. The second-order valence-electron chi connectivity index (χ2n) is 4.26. The maximum Gasteiger partial charge on any atom is 0.244 e. The third-order valence-electron chi connectivity index (χ3n) is 2.66. The number of nitrogens with two attached hydrogens (primary N) is 1. The van der Waals surface area contributed by atoms with E-state index in [0.717, 1.165) is 10.0 Å². The van der Waals surface area contributed by atoms with Crippen LogP contribution in [0.2, 0.25) is 10.0 Å². The summed E-state index contributed by atoms with van der Waals surface area (Å²) in [7, 11) is -3.83. The van der Waals surface area contributed by atoms with Crippen LogP contribution >= 0.6 is 39.1 Å². The number of rotatable bonds is 4. The van der Waals surface area contributed by atoms with Gasteiger partial charge in [0.2, 0.25) is 10.0 Å². The molecular formula is C13H11BrCl2N2O2S. The van der Waals surface area contributed by atoms with Crippen LogP contribution in [0.15, 0.2) is 45.8 Å². The molecule has 4 nitrogen and oxygen atoms in total. The number of nitrogens with one attached hydrogen (secondary N) is 1. The topological polar surface area (TPSA) is 72.2 Å². The number of anilines is 1. The van der Waals surface area contributed by atoms with Gasteiger partial charge in [-0.15, -0.1) is 0 Å². The number of hydrogen-bond acceptors (Lipinski definition) is 3. The number of nitrogen functional groups attached to an aromatic ring is 1. The summed E-state index contributed by atoms with van der Waals surface area (Å²) in [4.78, 5) is -0.163. The van der Waals surface area contributed by atoms with Crippen molar-refractivity contribution >= 4 is 54.8 Å². The predicted octanol–water partition coefficient (Wildman–Crippen LogP) is 3.82. The van der Waals surface area contributed by atoms with E-state index in [1.165, 1.54) is 12.1 Å². The van der Waals surface area contributed by atoms with Crippen LogP contribution in [0.3, 0.4) is 0 Å². The molecule has 0 aliphatic carbocycles. The molecule has 0 unspecified atom stereocenters. The van der Waals surface area contributed by atoms with E-state index < -0.39 is 10.0 Å². The first kappa shape index (κ1) is 16.6. The molecule has 8 heteroatoms. The highest BCUT2D eigenvalue weighted by atomic mass is 79.9. The molecule has 3 N–H and O–H groups in total. The molecule has 0 atom stereocenters. The summed E-state index contributed by atoms with van der Waals surface area (Å²) in [6, 6.07) is 9.98. The summed E-state index contributed by atoms with van der Waals surface area (Å²) >= 11 is 15.0. The number of sulfonamides is 1. The highest BCUT2D eigenvalue weighted by Gasteiger charge is 2.21. The molecule has 0 aliphatic rings. The van der Waals surface area contributed by atoms with Crippen LogP contribution in [0.25, 0.3) is 0 Å². The molecule has 0 amide bonds. The van der Waals surface area contributed by atoms with Gasteiger partial charge < -0.3 is 5.73 Å². The van der Waals surface area contributed by atoms with Crippen molar-refractivity contribution in [2.75, 3.05) is 5.73 Å². The Bertz CT molecular complexity index is 758. The number of hydrogen-bond donors (Lipinski definition) is 2. The van der Waals surface area contributed by atoms with Crippen molar-refractivity contribution in [3.63, 3.8) is 0 Å². The zero-order valence-electron chi connectivity index (χ0n) is 10.6. The normalized spacial score (nSPS) is 11.6. The number of benzene rings is 2. The van der Waals surface area contributed by atoms with Crippen LogP contribution < -0.4 is 10.5 Å². The Morgan fingerprint density at radius 3 is 2.52 bits per heavy atom. The minimum absolute atomic E-state index is 0.00856. The van der Waals surface area contributed by atoms with Gasteiger partial charge in [0.05, 0.1) is 10.7 Å². The third-order valence-corrected chi connectivity index (χ3v) is 5.30. The van der Waals surface area contributed by atoms with Crippen molar-refractivity contribution in [2.45, 2.75) is 11.4 Å². The fourth-order valence-electron chi connectivity index (χ4n) is 1.76. The van der Waals surface area contributed by atoms with E-state index in [2.05, 4.69) is 20.7 Å². The standard InChI is InChI=1S/C13H11BrCl2N2O2S/c14-9-3-1-2-8(4-9)7-18-21(19,20)13-11(16)5-10(15)6-12(13)17/h1-6,18H,7,17H2. The zero-order valence-corrected chi connectivity index (χ0v) is 14.5. The average molecular weight is 410 g/mol. The molecule has 0 saturated carbocycles. The van der Waals surface area contributed by atoms with Crippen molar-refractivity contribution < 1.29 is 8.42 Å². The molecule has 0 aromatic heterocycles. The number of halogens is 3. The van der Waals surface area contributed by atoms with Crippen molar-refractivity contribution in [2.24, 2.45) is 0 Å². The molecule has 0 radical (unpaired) electrons. The Morgan fingerprint density at radius 2 is 1.90 bits per heavy atom. The Kier molecular flexibility index (Phi) is 5.16. The Morgan fingerprint density at radius 1 is 1.19 bits per heavy atom. The minimum Gasteiger partial charge on any atom is -0.398 e. The molecule has 2 aromatic carbocycles. The van der Waals surface area contributed by atoms with Gasteiger partial charge in [-0.3, -0.25) is 0 Å². The van der Waals surface area contributed by atoms with E-state index in [9.17, 15) is 8.42 Å². The van der Waals surface area contributed by atoms with Gasteiger partial charge in [-0.2, -0.15) is 0 Å². The molecule has 0 fully saturated rings. The lowest BCUT2D eigenvalue weighted by molar-refractivity contribution is 0.582. The summed E-state index contributed by atoms with van der Waals surface area (Å²) in [6.07, 6.45) is 0. The summed E-state index contributed by atoms with van der Waals surface area (Å²) < 4.78 is 28.0.